The van der Waals surface area contributed by atoms with E-state index in [1.165, 1.54) is 11.9 Å². The van der Waals surface area contributed by atoms with E-state index in [0.717, 1.165) is 66.1 Å². The van der Waals surface area contributed by atoms with E-state index in [9.17, 15) is 4.79 Å². The van der Waals surface area contributed by atoms with Crippen molar-refractivity contribution in [3.05, 3.63) is 76.5 Å². The van der Waals surface area contributed by atoms with E-state index in [2.05, 4.69) is 56.3 Å². The minimum absolute atomic E-state index is 0.0255. The summed E-state index contributed by atoms with van der Waals surface area (Å²) in [7, 11) is 0. The molecule has 3 N–H and O–H groups in total. The highest BCUT2D eigenvalue weighted by atomic mass is 16.5. The highest BCUT2D eigenvalue weighted by Gasteiger charge is 2.29. The molecule has 7 nitrogen and oxygen atoms in total. The molecule has 0 saturated carbocycles. The second kappa shape index (κ2) is 11.7. The van der Waals surface area contributed by atoms with Crippen LogP contribution in [0.5, 0.6) is 5.75 Å². The number of piperazine rings is 1. The molecule has 7 heteroatoms. The van der Waals surface area contributed by atoms with Crippen molar-refractivity contribution in [3.63, 3.8) is 0 Å². The molecule has 34 heavy (non-hydrogen) atoms. The summed E-state index contributed by atoms with van der Waals surface area (Å²) in [5.41, 5.74) is 9.57. The number of rotatable bonds is 1. The third-order valence-corrected chi connectivity index (χ3v) is 6.16. The van der Waals surface area contributed by atoms with Crippen LogP contribution in [0.4, 0.5) is 5.69 Å². The highest BCUT2D eigenvalue weighted by molar-refractivity contribution is 5.81. The van der Waals surface area contributed by atoms with Gasteiger partial charge in [0.15, 0.2) is 0 Å². The number of hydrogen-bond acceptors (Lipinski definition) is 6. The number of aryl methyl sites for hydroxylation is 2. The fraction of sp³-hybridized carbons (Fsp3) is 0.407. The lowest BCUT2D eigenvalue weighted by Gasteiger charge is -2.43. The van der Waals surface area contributed by atoms with Gasteiger partial charge in [0.25, 0.3) is 5.56 Å². The molecule has 1 saturated heterocycles. The Morgan fingerprint density at radius 2 is 1.97 bits per heavy atom. The van der Waals surface area contributed by atoms with Crippen molar-refractivity contribution in [1.29, 1.82) is 0 Å². The van der Waals surface area contributed by atoms with Gasteiger partial charge in [-0.05, 0) is 56.8 Å². The third kappa shape index (κ3) is 5.78. The summed E-state index contributed by atoms with van der Waals surface area (Å²) in [4.78, 5) is 24.5. The zero-order valence-electron chi connectivity index (χ0n) is 20.8. The molecule has 1 unspecified atom stereocenters. The highest BCUT2D eigenvalue weighted by Crippen LogP contribution is 2.31. The van der Waals surface area contributed by atoms with Crippen LogP contribution < -0.4 is 20.9 Å². The quantitative estimate of drug-likeness (QED) is 0.564. The number of ether oxygens (including phenoxy) is 1. The number of fused-ring (bicyclic) bond motifs is 3. The maximum Gasteiger partial charge on any atom is 0.251 e. The lowest BCUT2D eigenvalue weighted by molar-refractivity contribution is 0.127. The SMILES string of the molecule is C=CN.CC.Cc1ccc(N2CCN3Cc4cc5[nH]c(=O)c(C)cc5cc4OCCC3C2)cn1. The molecule has 0 spiro atoms. The molecule has 0 aliphatic carbocycles. The number of H-pyrrole nitrogens is 1. The van der Waals surface area contributed by atoms with Gasteiger partial charge in [0.05, 0.1) is 18.5 Å². The average Bonchev–Trinajstić information content (AvgIpc) is 2.82. The van der Waals surface area contributed by atoms with Gasteiger partial charge in [-0.25, -0.2) is 0 Å². The van der Waals surface area contributed by atoms with Crippen LogP contribution in [0.3, 0.4) is 0 Å². The van der Waals surface area contributed by atoms with Crippen LogP contribution in [0.1, 0.15) is 37.1 Å². The van der Waals surface area contributed by atoms with Gasteiger partial charge in [-0.15, -0.1) is 0 Å². The molecule has 5 rings (SSSR count). The molecule has 1 atom stereocenters. The van der Waals surface area contributed by atoms with Crippen LogP contribution in [0.15, 0.2) is 54.1 Å². The molecule has 0 bridgehead atoms. The van der Waals surface area contributed by atoms with Gasteiger partial charge >= 0.3 is 0 Å². The second-order valence-electron chi connectivity index (χ2n) is 8.43. The van der Waals surface area contributed by atoms with Crippen LogP contribution in [-0.4, -0.2) is 47.2 Å². The van der Waals surface area contributed by atoms with Gasteiger partial charge in [-0.3, -0.25) is 14.7 Å². The van der Waals surface area contributed by atoms with Crippen molar-refractivity contribution in [2.75, 3.05) is 31.1 Å². The van der Waals surface area contributed by atoms with Crippen LogP contribution in [0.25, 0.3) is 10.9 Å². The normalized spacial score (nSPS) is 17.4. The predicted molar refractivity (Wildman–Crippen MR) is 141 cm³/mol. The largest absolute Gasteiger partial charge is 0.493 e. The van der Waals surface area contributed by atoms with Crippen LogP contribution >= 0.6 is 0 Å². The first-order chi connectivity index (χ1) is 16.5. The van der Waals surface area contributed by atoms with Crippen molar-refractivity contribution in [3.8, 4) is 5.75 Å². The molecule has 4 heterocycles. The number of nitrogens with zero attached hydrogens (tertiary/aromatic N) is 3. The van der Waals surface area contributed by atoms with Crippen molar-refractivity contribution >= 4 is 16.6 Å². The van der Waals surface area contributed by atoms with Crippen molar-refractivity contribution in [1.82, 2.24) is 14.9 Å². The van der Waals surface area contributed by atoms with Gasteiger partial charge in [0.1, 0.15) is 5.75 Å². The fourth-order valence-electron chi connectivity index (χ4n) is 4.43. The van der Waals surface area contributed by atoms with Crippen LogP contribution in [-0.2, 0) is 6.54 Å². The van der Waals surface area contributed by atoms with Gasteiger partial charge in [-0.2, -0.15) is 0 Å². The smallest absolute Gasteiger partial charge is 0.251 e. The number of aromatic amines is 1. The van der Waals surface area contributed by atoms with Crippen LogP contribution in [0.2, 0.25) is 0 Å². The Kier molecular flexibility index (Phi) is 8.71. The Balaban J connectivity index is 0.000000603. The molecule has 182 valence electrons. The van der Waals surface area contributed by atoms with E-state index >= 15 is 0 Å². The first-order valence-corrected chi connectivity index (χ1v) is 12.0. The number of pyridine rings is 2. The molecular weight excluding hydrogens is 426 g/mol. The Morgan fingerprint density at radius 1 is 1.21 bits per heavy atom. The second-order valence-corrected chi connectivity index (χ2v) is 8.43. The van der Waals surface area contributed by atoms with E-state index in [-0.39, 0.29) is 5.56 Å². The van der Waals surface area contributed by atoms with E-state index in [1.807, 2.05) is 40.0 Å². The zero-order valence-corrected chi connectivity index (χ0v) is 20.8. The molecule has 0 amide bonds. The summed E-state index contributed by atoms with van der Waals surface area (Å²) >= 11 is 0. The van der Waals surface area contributed by atoms with Gasteiger partial charge in [0, 0.05) is 59.9 Å². The molecule has 2 aromatic heterocycles. The standard InChI is InChI=1S/C23H26N4O2.C2H5N.C2H6/c1-15-9-17-11-22-18(10-21(17)25-23(15)28)13-26-6-7-27(14-20(26)5-8-29-22)19-4-3-16(2)24-12-19;1-2-3;1-2/h3-4,9-12,20H,5-8,13-14H2,1-2H3,(H,25,28);2H,1,3H2;1-2H3. The number of nitrogens with two attached hydrogens (primary N) is 1. The molecule has 2 aliphatic heterocycles. The maximum absolute atomic E-state index is 12.0. The molecular formula is C27H37N5O2. The average molecular weight is 464 g/mol. The minimum atomic E-state index is -0.0255. The fourth-order valence-corrected chi connectivity index (χ4v) is 4.43. The predicted octanol–water partition coefficient (Wildman–Crippen LogP) is 4.13. The van der Waals surface area contributed by atoms with Crippen molar-refractivity contribution in [2.24, 2.45) is 5.73 Å². The van der Waals surface area contributed by atoms with E-state index in [1.54, 1.807) is 0 Å². The van der Waals surface area contributed by atoms with Gasteiger partial charge in [0.2, 0.25) is 0 Å². The summed E-state index contributed by atoms with van der Waals surface area (Å²) < 4.78 is 6.16. The lowest BCUT2D eigenvalue weighted by Crippen LogP contribution is -2.53. The summed E-state index contributed by atoms with van der Waals surface area (Å²) in [6, 6.07) is 10.8. The van der Waals surface area contributed by atoms with Gasteiger partial charge < -0.3 is 20.4 Å². The lowest BCUT2D eigenvalue weighted by atomic mass is 10.0. The molecule has 1 fully saturated rings. The van der Waals surface area contributed by atoms with Crippen molar-refractivity contribution in [2.45, 2.75) is 46.7 Å². The number of benzene rings is 1. The maximum atomic E-state index is 12.0. The Bertz CT molecular complexity index is 1160. The van der Waals surface area contributed by atoms with E-state index in [0.29, 0.717) is 12.6 Å². The number of anilines is 1. The monoisotopic (exact) mass is 463 g/mol. The van der Waals surface area contributed by atoms with Crippen molar-refractivity contribution < 1.29 is 4.74 Å². The Labute approximate surface area is 202 Å². The first kappa shape index (κ1) is 25.3. The first-order valence-electron chi connectivity index (χ1n) is 12.0. The number of nitrogens with one attached hydrogen (secondary N) is 1. The molecule has 2 aliphatic rings. The summed E-state index contributed by atoms with van der Waals surface area (Å²) in [6.45, 7) is 15.5. The number of hydrogen-bond donors (Lipinski definition) is 2. The van der Waals surface area contributed by atoms with Crippen LogP contribution in [0, 0.1) is 13.8 Å². The van der Waals surface area contributed by atoms with Gasteiger partial charge in [-0.1, -0.05) is 20.4 Å². The minimum Gasteiger partial charge on any atom is -0.493 e. The molecule has 1 aromatic carbocycles. The Hall–Kier alpha value is -3.32. The summed E-state index contributed by atoms with van der Waals surface area (Å²) in [5, 5.41) is 1.02. The zero-order chi connectivity index (χ0) is 24.7. The summed E-state index contributed by atoms with van der Waals surface area (Å²) in [5.74, 6) is 0.938. The number of aromatic nitrogens is 2. The Morgan fingerprint density at radius 3 is 2.68 bits per heavy atom. The molecule has 3 aromatic rings. The third-order valence-electron chi connectivity index (χ3n) is 6.16. The summed E-state index contributed by atoms with van der Waals surface area (Å²) in [6.07, 6.45) is 4.22. The van der Waals surface area contributed by atoms with E-state index < -0.39 is 0 Å². The van der Waals surface area contributed by atoms with E-state index in [4.69, 9.17) is 4.74 Å². The molecule has 0 radical (unpaired) electrons. The topological polar surface area (TPSA) is 87.5 Å².